The summed E-state index contributed by atoms with van der Waals surface area (Å²) in [4.78, 5) is 18.2. The van der Waals surface area contributed by atoms with Crippen LogP contribution in [0.3, 0.4) is 0 Å². The van der Waals surface area contributed by atoms with Crippen molar-refractivity contribution in [3.63, 3.8) is 0 Å². The van der Waals surface area contributed by atoms with Gasteiger partial charge < -0.3 is 9.64 Å². The molecule has 3 heterocycles. The standard InChI is InChI=1S/C24H31F3N2O2/c1-15(2)23(7-5-19(11-23)29-13-21-10-20(29)14-31-21)22(30)28-8-6-16-3-4-18(24(25,26)27)9-17(16)12-28/h3-4,9,15,19-21H,5-8,10-14H2,1-2H3/t19?,20-,21-,23+/m1/s1. The Labute approximate surface area is 181 Å². The molecule has 3 fully saturated rings. The molecule has 170 valence electrons. The normalized spacial score (nSPS) is 33.4. The zero-order valence-electron chi connectivity index (χ0n) is 18.3. The van der Waals surface area contributed by atoms with Crippen LogP contribution < -0.4 is 0 Å². The molecule has 2 saturated heterocycles. The van der Waals surface area contributed by atoms with E-state index in [-0.39, 0.29) is 18.4 Å². The van der Waals surface area contributed by atoms with Gasteiger partial charge in [-0.25, -0.2) is 0 Å². The number of alkyl halides is 3. The van der Waals surface area contributed by atoms with Crippen LogP contribution in [0.2, 0.25) is 0 Å². The third-order valence-electron chi connectivity index (χ3n) is 8.30. The second kappa shape index (κ2) is 7.48. The number of hydrogen-bond acceptors (Lipinski definition) is 3. The number of halogens is 3. The molecule has 1 aromatic rings. The van der Waals surface area contributed by atoms with Gasteiger partial charge in [-0.3, -0.25) is 9.69 Å². The van der Waals surface area contributed by atoms with E-state index in [0.29, 0.717) is 36.7 Å². The van der Waals surface area contributed by atoms with Gasteiger partial charge in [-0.2, -0.15) is 13.2 Å². The predicted octanol–water partition coefficient (Wildman–Crippen LogP) is 4.26. The van der Waals surface area contributed by atoms with Crippen LogP contribution in [-0.2, 0) is 28.7 Å². The Morgan fingerprint density at radius 3 is 2.68 bits per heavy atom. The summed E-state index contributed by atoms with van der Waals surface area (Å²) >= 11 is 0. The maximum atomic E-state index is 13.8. The molecule has 4 nitrogen and oxygen atoms in total. The molecule has 0 aromatic heterocycles. The van der Waals surface area contributed by atoms with E-state index in [2.05, 4.69) is 18.7 Å². The Bertz CT molecular complexity index is 871. The molecule has 0 radical (unpaired) electrons. The molecule has 5 rings (SSSR count). The van der Waals surface area contributed by atoms with Gasteiger partial charge in [0.25, 0.3) is 0 Å². The first-order valence-electron chi connectivity index (χ1n) is 11.5. The molecule has 1 unspecified atom stereocenters. The first kappa shape index (κ1) is 21.3. The number of rotatable bonds is 3. The van der Waals surface area contributed by atoms with Crippen LogP contribution >= 0.6 is 0 Å². The quantitative estimate of drug-likeness (QED) is 0.710. The minimum absolute atomic E-state index is 0.133. The van der Waals surface area contributed by atoms with Gasteiger partial charge in [0, 0.05) is 31.7 Å². The SMILES string of the molecule is CC(C)[C@]1(C(=O)N2CCc3ccc(C(F)(F)F)cc3C2)CCC(N2C[C@H]3C[C@@H]2CO3)C1. The summed E-state index contributed by atoms with van der Waals surface area (Å²) in [6.07, 6.45) is 0.408. The zero-order valence-corrected chi connectivity index (χ0v) is 18.3. The Balaban J connectivity index is 1.35. The summed E-state index contributed by atoms with van der Waals surface area (Å²) in [5.74, 6) is 0.331. The summed E-state index contributed by atoms with van der Waals surface area (Å²) in [6.45, 7) is 6.87. The molecule has 4 aliphatic rings. The summed E-state index contributed by atoms with van der Waals surface area (Å²) in [7, 11) is 0. The van der Waals surface area contributed by atoms with Gasteiger partial charge in [-0.1, -0.05) is 19.9 Å². The van der Waals surface area contributed by atoms with E-state index in [1.165, 1.54) is 6.07 Å². The third kappa shape index (κ3) is 3.58. The van der Waals surface area contributed by atoms with Crippen molar-refractivity contribution in [2.45, 2.75) is 76.9 Å². The lowest BCUT2D eigenvalue weighted by Gasteiger charge is -2.40. The van der Waals surface area contributed by atoms with E-state index >= 15 is 0 Å². The molecule has 7 heteroatoms. The second-order valence-corrected chi connectivity index (χ2v) is 10.2. The number of ether oxygens (including phenoxy) is 1. The van der Waals surface area contributed by atoms with Crippen molar-refractivity contribution in [3.05, 3.63) is 34.9 Å². The van der Waals surface area contributed by atoms with Crippen LogP contribution in [0.4, 0.5) is 13.2 Å². The molecule has 1 saturated carbocycles. The van der Waals surface area contributed by atoms with Crippen LogP contribution in [0.15, 0.2) is 18.2 Å². The summed E-state index contributed by atoms with van der Waals surface area (Å²) in [6, 6.07) is 4.85. The Morgan fingerprint density at radius 2 is 2.03 bits per heavy atom. The lowest BCUT2D eigenvalue weighted by molar-refractivity contribution is -0.146. The highest BCUT2D eigenvalue weighted by Gasteiger charge is 2.53. The molecular formula is C24H31F3N2O2. The number of nitrogens with zero attached hydrogens (tertiary/aromatic N) is 2. The van der Waals surface area contributed by atoms with E-state index in [4.69, 9.17) is 4.74 Å². The fourth-order valence-electron chi connectivity index (χ4n) is 6.40. The highest BCUT2D eigenvalue weighted by atomic mass is 19.4. The number of fused-ring (bicyclic) bond motifs is 3. The van der Waals surface area contributed by atoms with Gasteiger partial charge >= 0.3 is 6.18 Å². The van der Waals surface area contributed by atoms with Crippen LogP contribution in [-0.4, -0.2) is 53.6 Å². The third-order valence-corrected chi connectivity index (χ3v) is 8.30. The maximum Gasteiger partial charge on any atom is 0.416 e. The van der Waals surface area contributed by atoms with E-state index in [1.54, 1.807) is 6.07 Å². The number of morpholine rings is 1. The van der Waals surface area contributed by atoms with E-state index in [0.717, 1.165) is 50.5 Å². The summed E-state index contributed by atoms with van der Waals surface area (Å²) in [5, 5.41) is 0. The number of amides is 1. The van der Waals surface area contributed by atoms with E-state index < -0.39 is 17.2 Å². The number of carbonyl (C=O) groups is 1. The average Bonchev–Trinajstić information content (AvgIpc) is 3.47. The molecule has 31 heavy (non-hydrogen) atoms. The second-order valence-electron chi connectivity index (χ2n) is 10.2. The van der Waals surface area contributed by atoms with Crippen LogP contribution in [0.25, 0.3) is 0 Å². The fraction of sp³-hybridized carbons (Fsp3) is 0.708. The number of carbonyl (C=O) groups excluding carboxylic acids is 1. The van der Waals surface area contributed by atoms with Crippen molar-refractivity contribution in [2.75, 3.05) is 19.7 Å². The van der Waals surface area contributed by atoms with Crippen LogP contribution in [0.1, 0.15) is 56.2 Å². The van der Waals surface area contributed by atoms with Crippen molar-refractivity contribution in [1.82, 2.24) is 9.80 Å². The first-order chi connectivity index (χ1) is 14.7. The topological polar surface area (TPSA) is 32.8 Å². The van der Waals surface area contributed by atoms with Gasteiger partial charge in [0.1, 0.15) is 0 Å². The molecule has 4 atom stereocenters. The molecular weight excluding hydrogens is 405 g/mol. The molecule has 0 spiro atoms. The molecule has 2 bridgehead atoms. The molecule has 0 N–H and O–H groups in total. The van der Waals surface area contributed by atoms with Gasteiger partial charge in [0.05, 0.1) is 23.7 Å². The monoisotopic (exact) mass is 436 g/mol. The summed E-state index contributed by atoms with van der Waals surface area (Å²) in [5.41, 5.74) is 0.503. The minimum atomic E-state index is -4.36. The highest BCUT2D eigenvalue weighted by molar-refractivity contribution is 5.84. The predicted molar refractivity (Wildman–Crippen MR) is 110 cm³/mol. The van der Waals surface area contributed by atoms with E-state index in [1.807, 2.05) is 4.90 Å². The van der Waals surface area contributed by atoms with Gasteiger partial charge in [-0.05, 0) is 61.3 Å². The van der Waals surface area contributed by atoms with Crippen molar-refractivity contribution in [2.24, 2.45) is 11.3 Å². The number of likely N-dealkylation sites (tertiary alicyclic amines) is 1. The molecule has 1 amide bonds. The van der Waals surface area contributed by atoms with Crippen molar-refractivity contribution >= 4 is 5.91 Å². The largest absolute Gasteiger partial charge is 0.416 e. The van der Waals surface area contributed by atoms with Crippen LogP contribution in [0, 0.1) is 11.3 Å². The average molecular weight is 437 g/mol. The Hall–Kier alpha value is -1.60. The van der Waals surface area contributed by atoms with E-state index in [9.17, 15) is 18.0 Å². The van der Waals surface area contributed by atoms with Gasteiger partial charge in [-0.15, -0.1) is 0 Å². The van der Waals surface area contributed by atoms with Crippen molar-refractivity contribution < 1.29 is 22.7 Å². The Kier molecular flexibility index (Phi) is 5.13. The molecule has 3 aliphatic heterocycles. The number of hydrogen-bond donors (Lipinski definition) is 0. The smallest absolute Gasteiger partial charge is 0.375 e. The maximum absolute atomic E-state index is 13.8. The first-order valence-corrected chi connectivity index (χ1v) is 11.5. The minimum Gasteiger partial charge on any atom is -0.375 e. The molecule has 1 aliphatic carbocycles. The van der Waals surface area contributed by atoms with Crippen molar-refractivity contribution in [3.8, 4) is 0 Å². The highest BCUT2D eigenvalue weighted by Crippen LogP contribution is 2.49. The lowest BCUT2D eigenvalue weighted by atomic mass is 9.73. The van der Waals surface area contributed by atoms with Gasteiger partial charge in [0.15, 0.2) is 0 Å². The lowest BCUT2D eigenvalue weighted by Crippen LogP contribution is -2.49. The van der Waals surface area contributed by atoms with Gasteiger partial charge in [0.2, 0.25) is 5.91 Å². The molecule has 1 aromatic carbocycles. The number of benzene rings is 1. The van der Waals surface area contributed by atoms with Crippen molar-refractivity contribution in [1.29, 1.82) is 0 Å². The fourth-order valence-corrected chi connectivity index (χ4v) is 6.40. The zero-order chi connectivity index (χ0) is 22.0. The van der Waals surface area contributed by atoms with Crippen LogP contribution in [0.5, 0.6) is 0 Å². The Morgan fingerprint density at radius 1 is 1.23 bits per heavy atom. The summed E-state index contributed by atoms with van der Waals surface area (Å²) < 4.78 is 45.3.